The molecule has 108 valence electrons. The first-order chi connectivity index (χ1) is 9.06. The van der Waals surface area contributed by atoms with Crippen molar-refractivity contribution in [2.24, 2.45) is 5.92 Å². The molecule has 1 saturated heterocycles. The average molecular weight is 267 g/mol. The number of nitrogens with zero attached hydrogens (tertiary/aromatic N) is 1. The van der Waals surface area contributed by atoms with Gasteiger partial charge in [0.25, 0.3) is 0 Å². The van der Waals surface area contributed by atoms with E-state index in [1.54, 1.807) is 0 Å². The van der Waals surface area contributed by atoms with Crippen LogP contribution in [0.3, 0.4) is 0 Å². The number of hydrogen-bond donors (Lipinski definition) is 2. The number of hydrogen-bond acceptors (Lipinski definition) is 4. The fourth-order valence-electron chi connectivity index (χ4n) is 2.48. The first-order valence-electron chi connectivity index (χ1n) is 7.08. The molecule has 4 heteroatoms. The Hall–Kier alpha value is -0.890. The molecule has 0 unspecified atom stereocenters. The number of aliphatic hydroxyl groups excluding tert-OH is 2. The third-order valence-electron chi connectivity index (χ3n) is 3.59. The van der Waals surface area contributed by atoms with E-state index in [-0.39, 0.29) is 24.7 Å². The fraction of sp³-hybridized carbons (Fsp3) is 0.800. The van der Waals surface area contributed by atoms with Crippen molar-refractivity contribution in [3.63, 3.8) is 0 Å². The smallest absolute Gasteiger partial charge is 0.0788 e. The molecule has 0 aromatic rings. The van der Waals surface area contributed by atoms with Gasteiger partial charge in [0.1, 0.15) is 0 Å². The van der Waals surface area contributed by atoms with E-state index in [9.17, 15) is 5.11 Å². The summed E-state index contributed by atoms with van der Waals surface area (Å²) in [5, 5.41) is 27.3. The van der Waals surface area contributed by atoms with Crippen LogP contribution >= 0.6 is 0 Å². The van der Waals surface area contributed by atoms with Crippen molar-refractivity contribution in [3.8, 4) is 6.07 Å². The van der Waals surface area contributed by atoms with E-state index >= 15 is 0 Å². The van der Waals surface area contributed by atoms with E-state index in [4.69, 9.17) is 15.1 Å². The van der Waals surface area contributed by atoms with Gasteiger partial charge in [0, 0.05) is 12.5 Å². The summed E-state index contributed by atoms with van der Waals surface area (Å²) in [4.78, 5) is 0. The maximum absolute atomic E-state index is 9.84. The topological polar surface area (TPSA) is 73.5 Å². The van der Waals surface area contributed by atoms with Gasteiger partial charge in [0.2, 0.25) is 0 Å². The molecular formula is C15H25NO3. The van der Waals surface area contributed by atoms with Crippen LogP contribution < -0.4 is 0 Å². The first kappa shape index (κ1) is 16.2. The molecule has 0 aliphatic carbocycles. The number of ether oxygens (including phenoxy) is 1. The van der Waals surface area contributed by atoms with Crippen LogP contribution in [0.1, 0.15) is 45.4 Å². The molecule has 1 fully saturated rings. The second-order valence-corrected chi connectivity index (χ2v) is 5.47. The van der Waals surface area contributed by atoms with Gasteiger partial charge in [-0.05, 0) is 51.0 Å². The lowest BCUT2D eigenvalue weighted by atomic mass is 9.98. The minimum absolute atomic E-state index is 0.0238. The number of nitriles is 1. The lowest BCUT2D eigenvalue weighted by Gasteiger charge is -2.16. The summed E-state index contributed by atoms with van der Waals surface area (Å²) in [6, 6.07) is 2.13. The molecule has 1 rings (SSSR count). The molecule has 4 atom stereocenters. The van der Waals surface area contributed by atoms with Crippen molar-refractivity contribution in [2.45, 2.75) is 63.8 Å². The molecule has 0 amide bonds. The highest BCUT2D eigenvalue weighted by Gasteiger charge is 2.28. The Morgan fingerprint density at radius 1 is 1.53 bits per heavy atom. The molecule has 0 radical (unpaired) electrons. The van der Waals surface area contributed by atoms with Crippen LogP contribution in [0.15, 0.2) is 12.2 Å². The summed E-state index contributed by atoms with van der Waals surface area (Å²) >= 11 is 0. The van der Waals surface area contributed by atoms with E-state index in [0.717, 1.165) is 31.3 Å². The highest BCUT2D eigenvalue weighted by molar-refractivity contribution is 5.09. The molecule has 0 aromatic heterocycles. The zero-order valence-corrected chi connectivity index (χ0v) is 11.7. The van der Waals surface area contributed by atoms with Crippen LogP contribution in [0, 0.1) is 17.2 Å². The Balaban J connectivity index is 2.26. The molecule has 19 heavy (non-hydrogen) atoms. The number of rotatable bonds is 8. The van der Waals surface area contributed by atoms with Crippen molar-refractivity contribution in [2.75, 3.05) is 6.61 Å². The second-order valence-electron chi connectivity index (χ2n) is 5.47. The zero-order valence-electron chi connectivity index (χ0n) is 11.7. The van der Waals surface area contributed by atoms with Gasteiger partial charge in [0.05, 0.1) is 24.4 Å². The van der Waals surface area contributed by atoms with Crippen molar-refractivity contribution in [1.82, 2.24) is 0 Å². The van der Waals surface area contributed by atoms with Crippen LogP contribution in [0.25, 0.3) is 0 Å². The average Bonchev–Trinajstić information content (AvgIpc) is 2.74. The van der Waals surface area contributed by atoms with Gasteiger partial charge in [-0.25, -0.2) is 0 Å². The van der Waals surface area contributed by atoms with Gasteiger partial charge in [-0.3, -0.25) is 0 Å². The summed E-state index contributed by atoms with van der Waals surface area (Å²) in [6.07, 6.45) is 4.14. The molecule has 4 nitrogen and oxygen atoms in total. The van der Waals surface area contributed by atoms with Gasteiger partial charge in [-0.1, -0.05) is 6.58 Å². The Kier molecular flexibility index (Phi) is 7.07. The third-order valence-corrected chi connectivity index (χ3v) is 3.59. The van der Waals surface area contributed by atoms with Crippen LogP contribution in [-0.2, 0) is 4.74 Å². The van der Waals surface area contributed by atoms with Crippen molar-refractivity contribution in [3.05, 3.63) is 12.2 Å². The summed E-state index contributed by atoms with van der Waals surface area (Å²) < 4.78 is 5.87. The minimum Gasteiger partial charge on any atom is -0.396 e. The van der Waals surface area contributed by atoms with E-state index in [0.29, 0.717) is 12.8 Å². The zero-order chi connectivity index (χ0) is 14.3. The van der Waals surface area contributed by atoms with Gasteiger partial charge in [0.15, 0.2) is 0 Å². The lowest BCUT2D eigenvalue weighted by Crippen LogP contribution is -2.17. The largest absolute Gasteiger partial charge is 0.396 e. The first-order valence-corrected chi connectivity index (χ1v) is 7.08. The molecule has 1 aliphatic heterocycles. The highest BCUT2D eigenvalue weighted by Crippen LogP contribution is 2.30. The van der Waals surface area contributed by atoms with Gasteiger partial charge in [-0.2, -0.15) is 5.26 Å². The van der Waals surface area contributed by atoms with Crippen molar-refractivity contribution >= 4 is 0 Å². The Morgan fingerprint density at radius 2 is 2.26 bits per heavy atom. The van der Waals surface area contributed by atoms with E-state index in [2.05, 4.69) is 12.6 Å². The molecule has 0 bridgehead atoms. The van der Waals surface area contributed by atoms with Gasteiger partial charge < -0.3 is 14.9 Å². The van der Waals surface area contributed by atoms with Crippen LogP contribution in [0.5, 0.6) is 0 Å². The van der Waals surface area contributed by atoms with Crippen molar-refractivity contribution in [1.29, 1.82) is 5.26 Å². The monoisotopic (exact) mass is 267 g/mol. The molecule has 2 N–H and O–H groups in total. The fourth-order valence-corrected chi connectivity index (χ4v) is 2.48. The van der Waals surface area contributed by atoms with E-state index in [1.807, 2.05) is 6.92 Å². The van der Waals surface area contributed by atoms with Crippen molar-refractivity contribution < 1.29 is 14.9 Å². The Labute approximate surface area is 115 Å². The minimum atomic E-state index is -0.442. The van der Waals surface area contributed by atoms with Crippen LogP contribution in [0.2, 0.25) is 0 Å². The van der Waals surface area contributed by atoms with Crippen LogP contribution in [0.4, 0.5) is 0 Å². The SMILES string of the molecule is C=C1C[C@H](CCCO)O[C@H]1CC[C@@H](O)C[C@@H](C)C#N. The summed E-state index contributed by atoms with van der Waals surface area (Å²) in [5.41, 5.74) is 1.09. The van der Waals surface area contributed by atoms with Gasteiger partial charge in [-0.15, -0.1) is 0 Å². The predicted octanol–water partition coefficient (Wildman–Crippen LogP) is 2.16. The molecular weight excluding hydrogens is 242 g/mol. The normalized spacial score (nSPS) is 26.1. The molecule has 0 saturated carbocycles. The molecule has 1 aliphatic rings. The Bertz CT molecular complexity index is 324. The Morgan fingerprint density at radius 3 is 2.89 bits per heavy atom. The van der Waals surface area contributed by atoms with Gasteiger partial charge >= 0.3 is 0 Å². The standard InChI is InChI=1S/C15H25NO3/c1-11(10-16)8-13(18)5-6-15-12(2)9-14(19-15)4-3-7-17/h11,13-15,17-18H,2-9H2,1H3/t11-,13-,14+,15+/m1/s1. The molecule has 0 spiro atoms. The summed E-state index contributed by atoms with van der Waals surface area (Å²) in [5.74, 6) is -0.111. The lowest BCUT2D eigenvalue weighted by molar-refractivity contribution is 0.0293. The van der Waals surface area contributed by atoms with Crippen LogP contribution in [-0.4, -0.2) is 35.1 Å². The summed E-state index contributed by atoms with van der Waals surface area (Å²) in [6.45, 7) is 6.04. The predicted molar refractivity (Wildman–Crippen MR) is 73.4 cm³/mol. The number of aliphatic hydroxyl groups is 2. The molecule has 0 aromatic carbocycles. The maximum atomic E-state index is 9.84. The quantitative estimate of drug-likeness (QED) is 0.661. The third kappa shape index (κ3) is 5.73. The van der Waals surface area contributed by atoms with E-state index < -0.39 is 6.10 Å². The highest BCUT2D eigenvalue weighted by atomic mass is 16.5. The summed E-state index contributed by atoms with van der Waals surface area (Å²) in [7, 11) is 0. The van der Waals surface area contributed by atoms with E-state index in [1.165, 1.54) is 0 Å². The maximum Gasteiger partial charge on any atom is 0.0788 e. The molecule has 1 heterocycles. The second kappa shape index (κ2) is 8.31.